The van der Waals surface area contributed by atoms with Gasteiger partial charge in [0.2, 0.25) is 5.91 Å². The molecule has 0 aliphatic rings. The largest absolute Gasteiger partial charge is 0.397 e. The predicted octanol–water partition coefficient (Wildman–Crippen LogP) is 2.19. The Balaban J connectivity index is 2.53. The molecule has 3 N–H and O–H groups in total. The first-order valence-electron chi connectivity index (χ1n) is 6.39. The lowest BCUT2D eigenvalue weighted by Gasteiger charge is -2.21. The number of hydrogen-bond acceptors (Lipinski definition) is 3. The molecule has 0 spiro atoms. The van der Waals surface area contributed by atoms with Gasteiger partial charge in [-0.25, -0.2) is 0 Å². The molecule has 4 heteroatoms. The van der Waals surface area contributed by atoms with Crippen molar-refractivity contribution >= 4 is 17.3 Å². The fourth-order valence-electron chi connectivity index (χ4n) is 1.83. The quantitative estimate of drug-likeness (QED) is 0.760. The lowest BCUT2D eigenvalue weighted by atomic mass is 10.2. The van der Waals surface area contributed by atoms with E-state index in [1.54, 1.807) is 6.07 Å². The minimum absolute atomic E-state index is 0.0181. The van der Waals surface area contributed by atoms with Crippen molar-refractivity contribution in [1.82, 2.24) is 4.90 Å². The van der Waals surface area contributed by atoms with Crippen LogP contribution < -0.4 is 11.1 Å². The number of nitrogens with two attached hydrogens (primary N) is 1. The molecule has 0 bridgehead atoms. The molecule has 0 atom stereocenters. The van der Waals surface area contributed by atoms with Gasteiger partial charge in [-0.15, -0.1) is 0 Å². The smallest absolute Gasteiger partial charge is 0.238 e. The van der Waals surface area contributed by atoms with Crippen LogP contribution in [0.2, 0.25) is 0 Å². The Morgan fingerprint density at radius 1 is 1.39 bits per heavy atom. The van der Waals surface area contributed by atoms with Gasteiger partial charge in [-0.3, -0.25) is 9.69 Å². The van der Waals surface area contributed by atoms with Crippen LogP contribution in [0.3, 0.4) is 0 Å². The van der Waals surface area contributed by atoms with Crippen molar-refractivity contribution in [2.75, 3.05) is 30.7 Å². The number of para-hydroxylation sites is 2. The van der Waals surface area contributed by atoms with Crippen molar-refractivity contribution in [3.8, 4) is 0 Å². The minimum atomic E-state index is -0.0181. The van der Waals surface area contributed by atoms with Crippen molar-refractivity contribution in [2.24, 2.45) is 5.92 Å². The molecule has 1 amide bonds. The molecule has 0 heterocycles. The molecule has 4 nitrogen and oxygen atoms in total. The van der Waals surface area contributed by atoms with Gasteiger partial charge < -0.3 is 11.1 Å². The highest BCUT2D eigenvalue weighted by Gasteiger charge is 2.11. The number of rotatable bonds is 6. The van der Waals surface area contributed by atoms with Crippen LogP contribution >= 0.6 is 0 Å². The fraction of sp³-hybridized carbons (Fsp3) is 0.500. The van der Waals surface area contributed by atoms with Gasteiger partial charge in [-0.2, -0.15) is 0 Å². The Morgan fingerprint density at radius 3 is 2.61 bits per heavy atom. The Morgan fingerprint density at radius 2 is 2.06 bits per heavy atom. The van der Waals surface area contributed by atoms with Crippen molar-refractivity contribution in [1.29, 1.82) is 0 Å². The number of nitrogens with zero attached hydrogens (tertiary/aromatic N) is 1. The lowest BCUT2D eigenvalue weighted by Crippen LogP contribution is -2.35. The van der Waals surface area contributed by atoms with E-state index in [-0.39, 0.29) is 5.91 Å². The molecular formula is C14H23N3O. The topological polar surface area (TPSA) is 58.4 Å². The van der Waals surface area contributed by atoms with Crippen LogP contribution in [0.25, 0.3) is 0 Å². The molecule has 100 valence electrons. The Bertz CT molecular complexity index is 390. The Kier molecular flexibility index (Phi) is 5.65. The van der Waals surface area contributed by atoms with Crippen LogP contribution in [0.5, 0.6) is 0 Å². The summed E-state index contributed by atoms with van der Waals surface area (Å²) in [5.74, 6) is 0.537. The van der Waals surface area contributed by atoms with Gasteiger partial charge in [-0.1, -0.05) is 32.9 Å². The fourth-order valence-corrected chi connectivity index (χ4v) is 1.83. The number of anilines is 2. The zero-order valence-electron chi connectivity index (χ0n) is 11.4. The normalized spacial score (nSPS) is 10.9. The van der Waals surface area contributed by atoms with Gasteiger partial charge in [0, 0.05) is 6.54 Å². The second kappa shape index (κ2) is 7.01. The second-order valence-corrected chi connectivity index (χ2v) is 4.86. The number of likely N-dealkylation sites (N-methyl/N-ethyl adjacent to an activating group) is 1. The van der Waals surface area contributed by atoms with Crippen LogP contribution in [-0.2, 0) is 4.79 Å². The molecular weight excluding hydrogens is 226 g/mol. The van der Waals surface area contributed by atoms with E-state index in [9.17, 15) is 4.79 Å². The summed E-state index contributed by atoms with van der Waals surface area (Å²) in [4.78, 5) is 14.0. The van der Waals surface area contributed by atoms with Gasteiger partial charge >= 0.3 is 0 Å². The zero-order valence-corrected chi connectivity index (χ0v) is 11.4. The van der Waals surface area contributed by atoms with Crippen molar-refractivity contribution in [3.05, 3.63) is 24.3 Å². The van der Waals surface area contributed by atoms with Crippen molar-refractivity contribution in [2.45, 2.75) is 20.8 Å². The van der Waals surface area contributed by atoms with Crippen LogP contribution in [0.1, 0.15) is 20.8 Å². The summed E-state index contributed by atoms with van der Waals surface area (Å²) in [7, 11) is 0. The number of hydrogen-bond donors (Lipinski definition) is 2. The summed E-state index contributed by atoms with van der Waals surface area (Å²) >= 11 is 0. The third-order valence-corrected chi connectivity index (χ3v) is 2.67. The molecule has 0 radical (unpaired) electrons. The van der Waals surface area contributed by atoms with Crippen molar-refractivity contribution < 1.29 is 4.79 Å². The standard InChI is InChI=1S/C14H23N3O/c1-4-17(9-11(2)3)10-14(18)16-13-8-6-5-7-12(13)15/h5-8,11H,4,9-10,15H2,1-3H3,(H,16,18). The molecule has 0 saturated carbocycles. The summed E-state index contributed by atoms with van der Waals surface area (Å²) in [5, 5.41) is 2.84. The third-order valence-electron chi connectivity index (χ3n) is 2.67. The first kappa shape index (κ1) is 14.5. The first-order valence-corrected chi connectivity index (χ1v) is 6.39. The number of nitrogen functional groups attached to an aromatic ring is 1. The predicted molar refractivity (Wildman–Crippen MR) is 76.4 cm³/mol. The number of carbonyl (C=O) groups excluding carboxylic acids is 1. The molecule has 0 aliphatic carbocycles. The van der Waals surface area contributed by atoms with Gasteiger partial charge in [0.25, 0.3) is 0 Å². The van der Waals surface area contributed by atoms with E-state index >= 15 is 0 Å². The number of benzene rings is 1. The van der Waals surface area contributed by atoms with Crippen LogP contribution in [-0.4, -0.2) is 30.4 Å². The number of carbonyl (C=O) groups is 1. The number of amides is 1. The molecule has 0 saturated heterocycles. The minimum Gasteiger partial charge on any atom is -0.397 e. The van der Waals surface area contributed by atoms with Crippen molar-refractivity contribution in [3.63, 3.8) is 0 Å². The first-order chi connectivity index (χ1) is 8.52. The zero-order chi connectivity index (χ0) is 13.5. The van der Waals surface area contributed by atoms with E-state index in [1.807, 2.05) is 18.2 Å². The van der Waals surface area contributed by atoms with E-state index in [4.69, 9.17) is 5.73 Å². The average molecular weight is 249 g/mol. The summed E-state index contributed by atoms with van der Waals surface area (Å²) in [5.41, 5.74) is 7.06. The highest BCUT2D eigenvalue weighted by Crippen LogP contribution is 2.16. The highest BCUT2D eigenvalue weighted by molar-refractivity contribution is 5.95. The highest BCUT2D eigenvalue weighted by atomic mass is 16.2. The lowest BCUT2D eigenvalue weighted by molar-refractivity contribution is -0.117. The summed E-state index contributed by atoms with van der Waals surface area (Å²) < 4.78 is 0. The van der Waals surface area contributed by atoms with Crippen LogP contribution in [0.4, 0.5) is 11.4 Å². The molecule has 1 aromatic rings. The van der Waals surface area contributed by atoms with E-state index < -0.39 is 0 Å². The molecule has 0 fully saturated rings. The van der Waals surface area contributed by atoms with Gasteiger partial charge in [0.05, 0.1) is 17.9 Å². The van der Waals surface area contributed by atoms with E-state index in [2.05, 4.69) is 31.0 Å². The molecule has 18 heavy (non-hydrogen) atoms. The SMILES string of the molecule is CCN(CC(=O)Nc1ccccc1N)CC(C)C. The van der Waals surface area contributed by atoms with E-state index in [0.717, 1.165) is 13.1 Å². The maximum atomic E-state index is 11.9. The van der Waals surface area contributed by atoms with Crippen LogP contribution in [0.15, 0.2) is 24.3 Å². The number of nitrogens with one attached hydrogen (secondary N) is 1. The summed E-state index contributed by atoms with van der Waals surface area (Å²) in [6.07, 6.45) is 0. The van der Waals surface area contributed by atoms with Gasteiger partial charge in [0.15, 0.2) is 0 Å². The summed E-state index contributed by atoms with van der Waals surface area (Å²) in [6.45, 7) is 8.56. The van der Waals surface area contributed by atoms with Gasteiger partial charge in [0.1, 0.15) is 0 Å². The molecule has 1 aromatic carbocycles. The van der Waals surface area contributed by atoms with E-state index in [0.29, 0.717) is 23.8 Å². The monoisotopic (exact) mass is 249 g/mol. The summed E-state index contributed by atoms with van der Waals surface area (Å²) in [6, 6.07) is 7.30. The second-order valence-electron chi connectivity index (χ2n) is 4.86. The van der Waals surface area contributed by atoms with Crippen LogP contribution in [0, 0.1) is 5.92 Å². The average Bonchev–Trinajstić information content (AvgIpc) is 2.30. The molecule has 0 unspecified atom stereocenters. The van der Waals surface area contributed by atoms with Gasteiger partial charge in [-0.05, 0) is 24.6 Å². The Labute approximate surface area is 109 Å². The maximum Gasteiger partial charge on any atom is 0.238 e. The Hall–Kier alpha value is -1.55. The maximum absolute atomic E-state index is 11.9. The molecule has 0 aromatic heterocycles. The molecule has 0 aliphatic heterocycles. The molecule has 1 rings (SSSR count). The third kappa shape index (κ3) is 4.75. The van der Waals surface area contributed by atoms with E-state index in [1.165, 1.54) is 0 Å².